The highest BCUT2D eigenvalue weighted by Crippen LogP contribution is 2.47. The molecule has 2 aliphatic heterocycles. The highest BCUT2D eigenvalue weighted by Gasteiger charge is 2.44. The van der Waals surface area contributed by atoms with E-state index in [-0.39, 0.29) is 46.6 Å². The molecule has 1 fully saturated rings. The summed E-state index contributed by atoms with van der Waals surface area (Å²) < 4.78 is 46.5. The number of carbonyl (C=O) groups excluding carboxylic acids is 2. The number of hydrogen-bond donors (Lipinski definition) is 1. The summed E-state index contributed by atoms with van der Waals surface area (Å²) in [6, 6.07) is 11.4. The lowest BCUT2D eigenvalue weighted by Crippen LogP contribution is -2.49. The Balaban J connectivity index is 1.31. The molecule has 52 heavy (non-hydrogen) atoms. The Hall–Kier alpha value is -3.91. The van der Waals surface area contributed by atoms with Crippen molar-refractivity contribution in [3.63, 3.8) is 0 Å². The number of carbonyl (C=O) groups is 2. The number of amides is 2. The van der Waals surface area contributed by atoms with E-state index in [1.165, 1.54) is 29.1 Å². The molecule has 3 aromatic rings. The van der Waals surface area contributed by atoms with Gasteiger partial charge in [0, 0.05) is 56.6 Å². The number of methoxy groups -OCH3 is 3. The normalized spacial score (nSPS) is 29.4. The second kappa shape index (κ2) is 14.8. The Morgan fingerprint density at radius 2 is 1.94 bits per heavy atom. The van der Waals surface area contributed by atoms with Crippen LogP contribution < -0.4 is 19.1 Å². The Bertz CT molecular complexity index is 2010. The van der Waals surface area contributed by atoms with E-state index in [4.69, 9.17) is 30.5 Å². The molecule has 1 spiro atoms. The number of fused-ring (bicyclic) bond motifs is 4. The fourth-order valence-electron chi connectivity index (χ4n) is 8.26. The van der Waals surface area contributed by atoms with Crippen molar-refractivity contribution in [2.75, 3.05) is 51.7 Å². The number of halogens is 1. The second-order valence-corrected chi connectivity index (χ2v) is 16.8. The van der Waals surface area contributed by atoms with Gasteiger partial charge in [0.05, 0.1) is 37.4 Å². The predicted octanol–water partition coefficient (Wildman–Crippen LogP) is 5.52. The first-order valence-electron chi connectivity index (χ1n) is 17.8. The lowest BCUT2D eigenvalue weighted by molar-refractivity contribution is 0.0124. The van der Waals surface area contributed by atoms with Crippen LogP contribution in [-0.2, 0) is 38.3 Å². The van der Waals surface area contributed by atoms with Gasteiger partial charge < -0.3 is 23.8 Å². The number of ether oxygens (including phenoxy) is 4. The van der Waals surface area contributed by atoms with Crippen molar-refractivity contribution in [1.82, 2.24) is 14.5 Å². The van der Waals surface area contributed by atoms with Gasteiger partial charge in [0.2, 0.25) is 5.88 Å². The van der Waals surface area contributed by atoms with Crippen LogP contribution in [0.15, 0.2) is 59.1 Å². The van der Waals surface area contributed by atoms with E-state index in [1.54, 1.807) is 39.5 Å². The van der Waals surface area contributed by atoms with Gasteiger partial charge >= 0.3 is 0 Å². The number of benzene rings is 2. The number of aryl methyl sites for hydroxylation is 2. The highest BCUT2D eigenvalue weighted by molar-refractivity contribution is 7.92. The second-order valence-electron chi connectivity index (χ2n) is 14.3. The molecule has 2 bridgehead atoms. The molecule has 2 amide bonds. The smallest absolute Gasteiger partial charge is 0.286 e. The monoisotopic (exact) mass is 751 g/mol. The Labute approximate surface area is 310 Å². The molecule has 6 atom stereocenters. The largest absolute Gasteiger partial charge is 0.490 e. The summed E-state index contributed by atoms with van der Waals surface area (Å²) in [5, 5.41) is 4.86. The molecule has 7 rings (SSSR count). The van der Waals surface area contributed by atoms with Crippen LogP contribution >= 0.6 is 11.6 Å². The zero-order chi connectivity index (χ0) is 36.6. The predicted molar refractivity (Wildman–Crippen MR) is 199 cm³/mol. The first kappa shape index (κ1) is 36.4. The third kappa shape index (κ3) is 7.20. The molecule has 1 unspecified atom stereocenters. The zero-order valence-electron chi connectivity index (χ0n) is 30.0. The first-order valence-corrected chi connectivity index (χ1v) is 19.8. The Morgan fingerprint density at radius 1 is 1.10 bits per heavy atom. The summed E-state index contributed by atoms with van der Waals surface area (Å²) in [5.74, 6) is -0.233. The van der Waals surface area contributed by atoms with E-state index in [9.17, 15) is 13.8 Å². The summed E-state index contributed by atoms with van der Waals surface area (Å²) in [5.41, 5.74) is 3.32. The third-order valence-corrected chi connectivity index (χ3v) is 13.1. The van der Waals surface area contributed by atoms with Crippen molar-refractivity contribution < 1.29 is 32.7 Å². The summed E-state index contributed by atoms with van der Waals surface area (Å²) in [4.78, 5) is 29.9. The van der Waals surface area contributed by atoms with Crippen molar-refractivity contribution in [2.24, 2.45) is 23.2 Å². The molecule has 0 radical (unpaired) electrons. The minimum Gasteiger partial charge on any atom is -0.490 e. The van der Waals surface area contributed by atoms with Gasteiger partial charge in [-0.1, -0.05) is 29.8 Å². The number of rotatable bonds is 5. The van der Waals surface area contributed by atoms with E-state index in [2.05, 4.69) is 31.2 Å². The van der Waals surface area contributed by atoms with Gasteiger partial charge in [-0.25, -0.2) is 4.21 Å². The molecular weight excluding hydrogens is 706 g/mol. The molecule has 2 aliphatic carbocycles. The van der Waals surface area contributed by atoms with Gasteiger partial charge in [-0.2, -0.15) is 0 Å². The van der Waals surface area contributed by atoms with Crippen LogP contribution in [0, 0.1) is 11.8 Å². The van der Waals surface area contributed by atoms with Crippen molar-refractivity contribution in [3.05, 3.63) is 82.0 Å². The molecule has 1 N–H and O–H groups in total. The summed E-state index contributed by atoms with van der Waals surface area (Å²) in [6.07, 6.45) is 10.0. The van der Waals surface area contributed by atoms with Crippen LogP contribution in [0.4, 0.5) is 5.69 Å². The van der Waals surface area contributed by atoms with Crippen LogP contribution in [0.1, 0.15) is 63.9 Å². The van der Waals surface area contributed by atoms with E-state index in [0.717, 1.165) is 49.4 Å². The number of anilines is 1. The topological polar surface area (TPSA) is 134 Å². The van der Waals surface area contributed by atoms with Crippen LogP contribution in [0.5, 0.6) is 11.6 Å². The zero-order valence-corrected chi connectivity index (χ0v) is 31.6. The van der Waals surface area contributed by atoms with Crippen LogP contribution in [0.25, 0.3) is 0 Å². The van der Waals surface area contributed by atoms with Crippen LogP contribution in [0.3, 0.4) is 0 Å². The van der Waals surface area contributed by atoms with Gasteiger partial charge in [-0.15, -0.1) is 9.46 Å². The number of nitrogens with one attached hydrogen (secondary N) is 1. The fraction of sp³-hybridized carbons (Fsp3) is 0.500. The minimum absolute atomic E-state index is 0.0624. The average molecular weight is 752 g/mol. The quantitative estimate of drug-likeness (QED) is 0.335. The molecule has 1 saturated carbocycles. The van der Waals surface area contributed by atoms with E-state index >= 15 is 0 Å². The molecule has 12 nitrogen and oxygen atoms in total. The maximum absolute atomic E-state index is 14.6. The summed E-state index contributed by atoms with van der Waals surface area (Å²) >= 11 is 6.46. The Kier molecular flexibility index (Phi) is 10.4. The molecule has 3 heterocycles. The van der Waals surface area contributed by atoms with Crippen LogP contribution in [0.2, 0.25) is 5.02 Å². The molecule has 4 aliphatic rings. The van der Waals surface area contributed by atoms with Crippen molar-refractivity contribution in [1.29, 1.82) is 0 Å². The Morgan fingerprint density at radius 3 is 2.69 bits per heavy atom. The van der Waals surface area contributed by atoms with Crippen molar-refractivity contribution in [3.8, 4) is 11.6 Å². The minimum atomic E-state index is -3.67. The first-order chi connectivity index (χ1) is 25.0. The molecule has 1 aromatic heterocycles. The lowest BCUT2D eigenvalue weighted by atomic mass is 9.68. The maximum Gasteiger partial charge on any atom is 0.286 e. The number of nitrogens with zero attached hydrogens (tertiary/aromatic N) is 4. The highest BCUT2D eigenvalue weighted by atomic mass is 35.5. The molecule has 0 saturated heterocycles. The van der Waals surface area contributed by atoms with E-state index in [0.29, 0.717) is 24.8 Å². The van der Waals surface area contributed by atoms with Gasteiger partial charge in [-0.3, -0.25) is 19.0 Å². The van der Waals surface area contributed by atoms with Gasteiger partial charge in [0.25, 0.3) is 11.8 Å². The summed E-state index contributed by atoms with van der Waals surface area (Å²) in [7, 11) is 2.67. The molecular formula is C38H46ClN5O7S. The number of aromatic nitrogens is 2. The van der Waals surface area contributed by atoms with Crippen molar-refractivity contribution >= 4 is 39.0 Å². The fourth-order valence-corrected chi connectivity index (χ4v) is 10.0. The average Bonchev–Trinajstić information content (AvgIpc) is 3.44. The van der Waals surface area contributed by atoms with E-state index in [1.807, 2.05) is 18.2 Å². The van der Waals surface area contributed by atoms with Gasteiger partial charge in [0.15, 0.2) is 0 Å². The van der Waals surface area contributed by atoms with Gasteiger partial charge in [-0.05, 0) is 91.8 Å². The number of hydrogen-bond acceptors (Lipinski definition) is 9. The van der Waals surface area contributed by atoms with Crippen LogP contribution in [-0.4, -0.2) is 84.8 Å². The molecule has 2 aromatic carbocycles. The molecule has 278 valence electrons. The van der Waals surface area contributed by atoms with E-state index < -0.39 is 27.8 Å². The van der Waals surface area contributed by atoms with Crippen molar-refractivity contribution in [2.45, 2.75) is 56.1 Å². The van der Waals surface area contributed by atoms with Gasteiger partial charge in [0.1, 0.15) is 21.2 Å². The third-order valence-electron chi connectivity index (χ3n) is 11.1. The SMILES string of the molecule is COc1nn(C)cc1C(=O)NS1(=O)=NC(=O)c2ccc3c(c2)N(C[C@@H]2CC[C@H]2[C@@H](OC)/C=C\[C@H](OC)CC1)C[C@@]1(CCCc2cc(Cl)ccc21)CO3. The summed E-state index contributed by atoms with van der Waals surface area (Å²) in [6.45, 7) is 1.91. The molecule has 14 heteroatoms. The standard InChI is InChI=1S/C38H46ClN5O7S/c1-43-21-30(37(40-43)50-4)36(46)42-52(47)17-15-28(48-2)10-14-33(49-3)29-11-7-26(29)20-44-22-38(16-5-6-24-18-27(39)9-12-31(24)38)23-51-34-13-8-25(19-32(34)44)35(45)41-52/h8-10,12-14,18-19,21,26,28-29,33H,5-7,11,15-17,20,22-23H2,1-4H3,(H,41,42,45,46,47)/b14-10-/t26-,28-,29+,33-,38-,52?/m0/s1. The maximum atomic E-state index is 14.6. The lowest BCUT2D eigenvalue weighted by Gasteiger charge is -2.46.